The molecule has 0 radical (unpaired) electrons. The van der Waals surface area contributed by atoms with Gasteiger partial charge in [-0.1, -0.05) is 0 Å². The molecule has 3 rings (SSSR count). The van der Waals surface area contributed by atoms with Crippen molar-refractivity contribution in [2.45, 2.75) is 6.10 Å². The van der Waals surface area contributed by atoms with E-state index in [0.29, 0.717) is 13.2 Å². The fourth-order valence-electron chi connectivity index (χ4n) is 2.15. The average Bonchev–Trinajstić information content (AvgIpc) is 2.87. The lowest BCUT2D eigenvalue weighted by Gasteiger charge is -2.33. The molecule has 1 aliphatic rings. The van der Waals surface area contributed by atoms with Gasteiger partial charge < -0.3 is 19.2 Å². The predicted molar refractivity (Wildman–Crippen MR) is 63.0 cm³/mol. The van der Waals surface area contributed by atoms with Crippen LogP contribution in [-0.2, 0) is 4.74 Å². The van der Waals surface area contributed by atoms with Crippen LogP contribution in [0.4, 0.5) is 5.82 Å². The van der Waals surface area contributed by atoms with Crippen LogP contribution < -0.4 is 4.90 Å². The minimum absolute atomic E-state index is 0.0395. The Morgan fingerprint density at radius 1 is 1.47 bits per heavy atom. The Balaban J connectivity index is 1.94. The van der Waals surface area contributed by atoms with Crippen LogP contribution in [0.3, 0.4) is 0 Å². The number of nitrogens with zero attached hydrogens (tertiary/aromatic N) is 2. The highest BCUT2D eigenvalue weighted by Crippen LogP contribution is 2.26. The van der Waals surface area contributed by atoms with Gasteiger partial charge in [-0.15, -0.1) is 0 Å². The summed E-state index contributed by atoms with van der Waals surface area (Å²) in [6.07, 6.45) is 3.28. The summed E-state index contributed by atoms with van der Waals surface area (Å²) in [6, 6.07) is 3.77. The molecule has 0 aromatic carbocycles. The maximum absolute atomic E-state index is 9.14. The molecule has 1 fully saturated rings. The van der Waals surface area contributed by atoms with Gasteiger partial charge in [-0.3, -0.25) is 0 Å². The minimum Gasteiger partial charge on any atom is -0.464 e. The first-order chi connectivity index (χ1) is 8.38. The van der Waals surface area contributed by atoms with E-state index in [4.69, 9.17) is 14.3 Å². The molecule has 2 aromatic heterocycles. The van der Waals surface area contributed by atoms with Crippen molar-refractivity contribution in [3.63, 3.8) is 0 Å². The zero-order chi connectivity index (χ0) is 11.7. The van der Waals surface area contributed by atoms with Gasteiger partial charge >= 0.3 is 0 Å². The summed E-state index contributed by atoms with van der Waals surface area (Å²) in [5.41, 5.74) is 0.835. The molecule has 0 amide bonds. The molecule has 1 unspecified atom stereocenters. The van der Waals surface area contributed by atoms with Crippen molar-refractivity contribution in [2.24, 2.45) is 0 Å². The summed E-state index contributed by atoms with van der Waals surface area (Å²) >= 11 is 0. The van der Waals surface area contributed by atoms with Gasteiger partial charge in [0.15, 0.2) is 0 Å². The normalized spacial score (nSPS) is 21.0. The van der Waals surface area contributed by atoms with Gasteiger partial charge in [-0.25, -0.2) is 4.98 Å². The molecular formula is C12H14N2O3. The SMILES string of the molecule is OCC1CN(c2nccc3occc23)CCO1. The lowest BCUT2D eigenvalue weighted by atomic mass is 10.2. The molecule has 0 spiro atoms. The van der Waals surface area contributed by atoms with Crippen molar-refractivity contribution >= 4 is 16.8 Å². The van der Waals surface area contributed by atoms with E-state index in [1.807, 2.05) is 12.1 Å². The number of aliphatic hydroxyl groups excluding tert-OH is 1. The fraction of sp³-hybridized carbons (Fsp3) is 0.417. The van der Waals surface area contributed by atoms with Crippen molar-refractivity contribution in [3.05, 3.63) is 24.6 Å². The van der Waals surface area contributed by atoms with E-state index in [-0.39, 0.29) is 12.7 Å². The first kappa shape index (κ1) is 10.6. The van der Waals surface area contributed by atoms with Gasteiger partial charge in [0.2, 0.25) is 0 Å². The molecule has 1 atom stereocenters. The van der Waals surface area contributed by atoms with E-state index in [1.165, 1.54) is 0 Å². The third-order valence-electron chi connectivity index (χ3n) is 3.00. The Morgan fingerprint density at radius 2 is 2.41 bits per heavy atom. The smallest absolute Gasteiger partial charge is 0.139 e. The van der Waals surface area contributed by atoms with Gasteiger partial charge in [-0.2, -0.15) is 0 Å². The van der Waals surface area contributed by atoms with Crippen molar-refractivity contribution in [3.8, 4) is 0 Å². The Labute approximate surface area is 98.6 Å². The van der Waals surface area contributed by atoms with Gasteiger partial charge in [0.1, 0.15) is 11.4 Å². The van der Waals surface area contributed by atoms with Crippen molar-refractivity contribution in [1.29, 1.82) is 0 Å². The summed E-state index contributed by atoms with van der Waals surface area (Å²) in [4.78, 5) is 6.53. The number of aromatic nitrogens is 1. The molecule has 0 bridgehead atoms. The summed E-state index contributed by atoms with van der Waals surface area (Å²) in [6.45, 7) is 2.10. The molecule has 5 heteroatoms. The van der Waals surface area contributed by atoms with Crippen LogP contribution in [0.5, 0.6) is 0 Å². The second-order valence-corrected chi connectivity index (χ2v) is 4.09. The van der Waals surface area contributed by atoms with Crippen LogP contribution >= 0.6 is 0 Å². The Kier molecular flexibility index (Phi) is 2.70. The fourth-order valence-corrected chi connectivity index (χ4v) is 2.15. The highest BCUT2D eigenvalue weighted by atomic mass is 16.5. The van der Waals surface area contributed by atoms with Crippen LogP contribution in [0.25, 0.3) is 11.0 Å². The number of aliphatic hydroxyl groups is 1. The molecule has 3 heterocycles. The molecule has 90 valence electrons. The molecule has 1 saturated heterocycles. The number of hydrogen-bond donors (Lipinski definition) is 1. The minimum atomic E-state index is -0.132. The van der Waals surface area contributed by atoms with Gasteiger partial charge in [0.05, 0.1) is 31.0 Å². The van der Waals surface area contributed by atoms with Crippen LogP contribution in [0.2, 0.25) is 0 Å². The third kappa shape index (κ3) is 1.87. The second kappa shape index (κ2) is 4.35. The van der Waals surface area contributed by atoms with E-state index in [9.17, 15) is 0 Å². The monoisotopic (exact) mass is 234 g/mol. The van der Waals surface area contributed by atoms with Crippen LogP contribution in [0.15, 0.2) is 29.0 Å². The summed E-state index contributed by atoms with van der Waals surface area (Å²) < 4.78 is 10.8. The first-order valence-electron chi connectivity index (χ1n) is 5.68. The van der Waals surface area contributed by atoms with Crippen LogP contribution in [0, 0.1) is 0 Å². The standard InChI is InChI=1S/C12H14N2O3/c15-8-9-7-14(4-6-16-9)12-10-2-5-17-11(10)1-3-13-12/h1-3,5,9,15H,4,6-8H2. The molecular weight excluding hydrogens is 220 g/mol. The average molecular weight is 234 g/mol. The molecule has 1 N–H and O–H groups in total. The van der Waals surface area contributed by atoms with E-state index >= 15 is 0 Å². The number of fused-ring (bicyclic) bond motifs is 1. The zero-order valence-electron chi connectivity index (χ0n) is 9.37. The lowest BCUT2D eigenvalue weighted by Crippen LogP contribution is -2.44. The van der Waals surface area contributed by atoms with Gasteiger partial charge in [-0.05, 0) is 12.1 Å². The second-order valence-electron chi connectivity index (χ2n) is 4.09. The number of anilines is 1. The summed E-state index contributed by atoms with van der Waals surface area (Å²) in [5.74, 6) is 0.901. The molecule has 5 nitrogen and oxygen atoms in total. The molecule has 0 saturated carbocycles. The van der Waals surface area contributed by atoms with E-state index in [1.54, 1.807) is 12.5 Å². The first-order valence-corrected chi connectivity index (χ1v) is 5.68. The highest BCUT2D eigenvalue weighted by molar-refractivity contribution is 5.88. The number of pyridine rings is 1. The molecule has 0 aliphatic carbocycles. The summed E-state index contributed by atoms with van der Waals surface area (Å²) in [7, 11) is 0. The Bertz CT molecular complexity index is 511. The Hall–Kier alpha value is -1.59. The van der Waals surface area contributed by atoms with Crippen LogP contribution in [-0.4, -0.2) is 42.5 Å². The van der Waals surface area contributed by atoms with Gasteiger partial charge in [0, 0.05) is 19.3 Å². The maximum Gasteiger partial charge on any atom is 0.139 e. The Morgan fingerprint density at radius 3 is 3.29 bits per heavy atom. The summed E-state index contributed by atoms with van der Waals surface area (Å²) in [5, 5.41) is 10.1. The van der Waals surface area contributed by atoms with Gasteiger partial charge in [0.25, 0.3) is 0 Å². The molecule has 17 heavy (non-hydrogen) atoms. The van der Waals surface area contributed by atoms with Crippen molar-refractivity contribution < 1.29 is 14.3 Å². The third-order valence-corrected chi connectivity index (χ3v) is 3.00. The van der Waals surface area contributed by atoms with E-state index in [2.05, 4.69) is 9.88 Å². The largest absolute Gasteiger partial charge is 0.464 e. The highest BCUT2D eigenvalue weighted by Gasteiger charge is 2.22. The number of hydrogen-bond acceptors (Lipinski definition) is 5. The maximum atomic E-state index is 9.14. The number of ether oxygens (including phenoxy) is 1. The molecule has 1 aliphatic heterocycles. The van der Waals surface area contributed by atoms with E-state index < -0.39 is 0 Å². The number of rotatable bonds is 2. The lowest BCUT2D eigenvalue weighted by molar-refractivity contribution is 0.00344. The zero-order valence-corrected chi connectivity index (χ0v) is 9.37. The topological polar surface area (TPSA) is 58.7 Å². The van der Waals surface area contributed by atoms with Crippen LogP contribution in [0.1, 0.15) is 0 Å². The number of furan rings is 1. The van der Waals surface area contributed by atoms with Crippen molar-refractivity contribution in [2.75, 3.05) is 31.2 Å². The van der Waals surface area contributed by atoms with E-state index in [0.717, 1.165) is 23.3 Å². The predicted octanol–water partition coefficient (Wildman–Crippen LogP) is 1.03. The van der Waals surface area contributed by atoms with Crippen molar-refractivity contribution in [1.82, 2.24) is 4.98 Å². The molecule has 2 aromatic rings. The number of morpholine rings is 1. The quantitative estimate of drug-likeness (QED) is 0.840.